The summed E-state index contributed by atoms with van der Waals surface area (Å²) in [7, 11) is 0. The number of hydrogen-bond acceptors (Lipinski definition) is 5. The predicted octanol–water partition coefficient (Wildman–Crippen LogP) is 1.89. The molecule has 3 rings (SSSR count). The molecule has 0 saturated heterocycles. The Morgan fingerprint density at radius 3 is 2.67 bits per heavy atom. The minimum atomic E-state index is -0.459. The van der Waals surface area contributed by atoms with Crippen LogP contribution >= 0.6 is 0 Å². The summed E-state index contributed by atoms with van der Waals surface area (Å²) >= 11 is 0. The lowest BCUT2D eigenvalue weighted by atomic mass is 9.96. The number of rotatable bonds is 4. The third-order valence-corrected chi connectivity index (χ3v) is 3.41. The Morgan fingerprint density at radius 1 is 1.21 bits per heavy atom. The smallest absolute Gasteiger partial charge is 0.229 e. The fourth-order valence-corrected chi connectivity index (χ4v) is 2.05. The van der Waals surface area contributed by atoms with E-state index in [1.165, 1.54) is 0 Å². The van der Waals surface area contributed by atoms with Gasteiger partial charge in [0, 0.05) is 11.6 Å². The second-order valence-electron chi connectivity index (χ2n) is 6.47. The van der Waals surface area contributed by atoms with Crippen molar-refractivity contribution in [1.82, 2.24) is 30.0 Å². The molecule has 0 saturated carbocycles. The van der Waals surface area contributed by atoms with Crippen LogP contribution in [0.2, 0.25) is 0 Å². The molecule has 0 spiro atoms. The normalized spacial score (nSPS) is 11.5. The molecule has 2 heterocycles. The van der Waals surface area contributed by atoms with Crippen LogP contribution in [0.1, 0.15) is 26.6 Å². The zero-order valence-corrected chi connectivity index (χ0v) is 13.8. The standard InChI is InChI=1S/C16H19N7O/c1-16(2,3)15(24)18-12-9-17-22(10-12)11-14-19-20-21-23(14)13-7-5-4-6-8-13/h4-10H,11H2,1-3H3,(H,18,24). The SMILES string of the molecule is CC(C)(C)C(=O)Nc1cnn(Cc2nnnn2-c2ccccc2)c1. The van der Waals surface area contributed by atoms with E-state index in [0.29, 0.717) is 18.1 Å². The number of tetrazole rings is 1. The molecule has 0 bridgehead atoms. The molecule has 0 aliphatic rings. The van der Waals surface area contributed by atoms with E-state index in [9.17, 15) is 4.79 Å². The van der Waals surface area contributed by atoms with E-state index in [4.69, 9.17) is 0 Å². The highest BCUT2D eigenvalue weighted by Gasteiger charge is 2.21. The summed E-state index contributed by atoms with van der Waals surface area (Å²) in [6, 6.07) is 9.64. The molecule has 8 nitrogen and oxygen atoms in total. The Hall–Kier alpha value is -3.03. The van der Waals surface area contributed by atoms with Gasteiger partial charge in [-0.25, -0.2) is 0 Å². The molecule has 3 aromatic rings. The van der Waals surface area contributed by atoms with E-state index in [2.05, 4.69) is 25.9 Å². The summed E-state index contributed by atoms with van der Waals surface area (Å²) in [5.74, 6) is 0.592. The number of carbonyl (C=O) groups excluding carboxylic acids is 1. The number of aromatic nitrogens is 6. The van der Waals surface area contributed by atoms with Crippen LogP contribution in [0.3, 0.4) is 0 Å². The molecule has 1 N–H and O–H groups in total. The molecular weight excluding hydrogens is 306 g/mol. The van der Waals surface area contributed by atoms with E-state index in [0.717, 1.165) is 5.69 Å². The number of nitrogens with zero attached hydrogens (tertiary/aromatic N) is 6. The molecule has 0 radical (unpaired) electrons. The third-order valence-electron chi connectivity index (χ3n) is 3.41. The van der Waals surface area contributed by atoms with Gasteiger partial charge >= 0.3 is 0 Å². The minimum Gasteiger partial charge on any atom is -0.323 e. The number of nitrogens with one attached hydrogen (secondary N) is 1. The van der Waals surface area contributed by atoms with E-state index >= 15 is 0 Å². The number of hydrogen-bond donors (Lipinski definition) is 1. The molecule has 24 heavy (non-hydrogen) atoms. The van der Waals surface area contributed by atoms with E-state index in [1.807, 2.05) is 51.1 Å². The summed E-state index contributed by atoms with van der Waals surface area (Å²) in [5.41, 5.74) is 1.07. The van der Waals surface area contributed by atoms with Gasteiger partial charge in [-0.15, -0.1) is 5.10 Å². The summed E-state index contributed by atoms with van der Waals surface area (Å²) in [5, 5.41) is 18.9. The second-order valence-corrected chi connectivity index (χ2v) is 6.47. The summed E-state index contributed by atoms with van der Waals surface area (Å²) < 4.78 is 3.35. The number of amides is 1. The summed E-state index contributed by atoms with van der Waals surface area (Å²) in [4.78, 5) is 12.0. The van der Waals surface area contributed by atoms with Crippen molar-refractivity contribution in [3.8, 4) is 5.69 Å². The van der Waals surface area contributed by atoms with Gasteiger partial charge in [-0.2, -0.15) is 9.78 Å². The zero-order valence-electron chi connectivity index (χ0n) is 13.8. The van der Waals surface area contributed by atoms with Crippen molar-refractivity contribution in [2.45, 2.75) is 27.3 Å². The van der Waals surface area contributed by atoms with Crippen molar-refractivity contribution in [2.24, 2.45) is 5.41 Å². The average molecular weight is 325 g/mol. The van der Waals surface area contributed by atoms with Gasteiger partial charge in [-0.3, -0.25) is 9.48 Å². The molecule has 0 fully saturated rings. The van der Waals surface area contributed by atoms with Gasteiger partial charge < -0.3 is 5.32 Å². The van der Waals surface area contributed by atoms with Crippen LogP contribution in [0.4, 0.5) is 5.69 Å². The van der Waals surface area contributed by atoms with Crippen LogP contribution in [-0.4, -0.2) is 35.9 Å². The fraction of sp³-hybridized carbons (Fsp3) is 0.312. The van der Waals surface area contributed by atoms with Gasteiger partial charge in [0.1, 0.15) is 6.54 Å². The van der Waals surface area contributed by atoms with Crippen molar-refractivity contribution in [2.75, 3.05) is 5.32 Å². The lowest BCUT2D eigenvalue weighted by Crippen LogP contribution is -2.27. The number of carbonyl (C=O) groups is 1. The highest BCUT2D eigenvalue weighted by molar-refractivity contribution is 5.94. The molecule has 0 aliphatic carbocycles. The van der Waals surface area contributed by atoms with Crippen LogP contribution in [-0.2, 0) is 11.3 Å². The first-order chi connectivity index (χ1) is 11.4. The maximum absolute atomic E-state index is 12.0. The van der Waals surface area contributed by atoms with Gasteiger partial charge in [0.05, 0.1) is 17.6 Å². The molecule has 0 unspecified atom stereocenters. The van der Waals surface area contributed by atoms with Crippen molar-refractivity contribution in [1.29, 1.82) is 0 Å². The quantitative estimate of drug-likeness (QED) is 0.791. The monoisotopic (exact) mass is 325 g/mol. The van der Waals surface area contributed by atoms with Crippen LogP contribution in [0.5, 0.6) is 0 Å². The lowest BCUT2D eigenvalue weighted by molar-refractivity contribution is -0.123. The molecular formula is C16H19N7O. The Balaban J connectivity index is 1.75. The van der Waals surface area contributed by atoms with Gasteiger partial charge in [0.15, 0.2) is 5.82 Å². The number of benzene rings is 1. The Kier molecular flexibility index (Phi) is 4.11. The number of anilines is 1. The first-order valence-electron chi connectivity index (χ1n) is 7.60. The van der Waals surface area contributed by atoms with Crippen LogP contribution in [0, 0.1) is 5.41 Å². The van der Waals surface area contributed by atoms with Gasteiger partial charge in [0.2, 0.25) is 5.91 Å². The first-order valence-corrected chi connectivity index (χ1v) is 7.60. The van der Waals surface area contributed by atoms with Gasteiger partial charge in [0.25, 0.3) is 0 Å². The van der Waals surface area contributed by atoms with Crippen LogP contribution in [0.15, 0.2) is 42.7 Å². The highest BCUT2D eigenvalue weighted by atomic mass is 16.2. The summed E-state index contributed by atoms with van der Waals surface area (Å²) in [6.45, 7) is 5.98. The van der Waals surface area contributed by atoms with Crippen LogP contribution < -0.4 is 5.32 Å². The molecule has 0 atom stereocenters. The molecule has 1 aromatic carbocycles. The Bertz CT molecular complexity index is 829. The lowest BCUT2D eigenvalue weighted by Gasteiger charge is -2.16. The highest BCUT2D eigenvalue weighted by Crippen LogP contribution is 2.17. The van der Waals surface area contributed by atoms with Gasteiger partial charge in [-0.05, 0) is 22.6 Å². The first kappa shape index (κ1) is 15.9. The third kappa shape index (κ3) is 3.48. The topological polar surface area (TPSA) is 90.5 Å². The molecule has 1 amide bonds. The average Bonchev–Trinajstić information content (AvgIpc) is 3.17. The zero-order chi connectivity index (χ0) is 17.2. The molecule has 124 valence electrons. The fourth-order valence-electron chi connectivity index (χ4n) is 2.05. The maximum atomic E-state index is 12.0. The predicted molar refractivity (Wildman–Crippen MR) is 88.6 cm³/mol. The van der Waals surface area contributed by atoms with E-state index in [-0.39, 0.29) is 5.91 Å². The number of para-hydroxylation sites is 1. The second kappa shape index (κ2) is 6.23. The maximum Gasteiger partial charge on any atom is 0.229 e. The van der Waals surface area contributed by atoms with E-state index < -0.39 is 5.41 Å². The molecule has 8 heteroatoms. The Morgan fingerprint density at radius 2 is 1.96 bits per heavy atom. The summed E-state index contributed by atoms with van der Waals surface area (Å²) in [6.07, 6.45) is 3.37. The van der Waals surface area contributed by atoms with Crippen LogP contribution in [0.25, 0.3) is 5.69 Å². The van der Waals surface area contributed by atoms with Crippen molar-refractivity contribution < 1.29 is 4.79 Å². The van der Waals surface area contributed by atoms with Crippen molar-refractivity contribution in [3.63, 3.8) is 0 Å². The molecule has 2 aromatic heterocycles. The Labute approximate surface area is 139 Å². The largest absolute Gasteiger partial charge is 0.323 e. The van der Waals surface area contributed by atoms with E-state index in [1.54, 1.807) is 21.8 Å². The van der Waals surface area contributed by atoms with Crippen molar-refractivity contribution in [3.05, 3.63) is 48.5 Å². The van der Waals surface area contributed by atoms with Gasteiger partial charge in [-0.1, -0.05) is 39.0 Å². The molecule has 0 aliphatic heterocycles. The minimum absolute atomic E-state index is 0.0591. The van der Waals surface area contributed by atoms with Crippen molar-refractivity contribution >= 4 is 11.6 Å².